The molecule has 0 atom stereocenters. The van der Waals surface area contributed by atoms with Crippen LogP contribution in [0, 0.1) is 0 Å². The van der Waals surface area contributed by atoms with Crippen molar-refractivity contribution in [1.29, 1.82) is 0 Å². The third kappa shape index (κ3) is 3.23. The second-order valence-electron chi connectivity index (χ2n) is 5.81. The Morgan fingerprint density at radius 1 is 1.27 bits per heavy atom. The summed E-state index contributed by atoms with van der Waals surface area (Å²) < 4.78 is 4.91. The molecule has 1 aromatic carbocycles. The molecule has 3 heterocycles. The zero-order chi connectivity index (χ0) is 18.1. The highest BCUT2D eigenvalue weighted by Crippen LogP contribution is 2.30. The van der Waals surface area contributed by atoms with Crippen LogP contribution < -0.4 is 5.32 Å². The van der Waals surface area contributed by atoms with Crippen LogP contribution in [0.3, 0.4) is 0 Å². The van der Waals surface area contributed by atoms with Gasteiger partial charge in [-0.2, -0.15) is 0 Å². The van der Waals surface area contributed by atoms with Gasteiger partial charge in [0.05, 0.1) is 34.7 Å². The summed E-state index contributed by atoms with van der Waals surface area (Å²) in [7, 11) is 0. The van der Waals surface area contributed by atoms with Gasteiger partial charge in [-0.05, 0) is 18.2 Å². The first-order valence-electron chi connectivity index (χ1n) is 7.98. The van der Waals surface area contributed by atoms with Gasteiger partial charge >= 0.3 is 0 Å². The van der Waals surface area contributed by atoms with Crippen LogP contribution in [0.4, 0.5) is 5.13 Å². The van der Waals surface area contributed by atoms with Crippen molar-refractivity contribution in [3.63, 3.8) is 0 Å². The lowest BCUT2D eigenvalue weighted by Crippen LogP contribution is -2.35. The van der Waals surface area contributed by atoms with Crippen LogP contribution in [-0.2, 0) is 13.0 Å². The maximum absolute atomic E-state index is 12.7. The number of rotatable bonds is 3. The van der Waals surface area contributed by atoms with E-state index in [2.05, 4.69) is 10.3 Å². The Hall–Kier alpha value is -2.64. The molecule has 1 aliphatic heterocycles. The number of carbonyl (C=O) groups excluding carboxylic acids is 2. The summed E-state index contributed by atoms with van der Waals surface area (Å²) in [6.45, 7) is 1.02. The molecule has 1 N–H and O–H groups in total. The van der Waals surface area contributed by atoms with Crippen molar-refractivity contribution in [3.05, 3.63) is 69.6 Å². The molecule has 0 fully saturated rings. The summed E-state index contributed by atoms with van der Waals surface area (Å²) >= 11 is 7.52. The Kier molecular flexibility index (Phi) is 4.48. The number of anilines is 1. The number of hydrogen-bond acceptors (Lipinski definition) is 5. The fourth-order valence-corrected chi connectivity index (χ4v) is 4.03. The highest BCUT2D eigenvalue weighted by molar-refractivity contribution is 7.15. The van der Waals surface area contributed by atoms with E-state index in [1.807, 2.05) is 0 Å². The van der Waals surface area contributed by atoms with Gasteiger partial charge in [-0.25, -0.2) is 4.98 Å². The lowest BCUT2D eigenvalue weighted by molar-refractivity contribution is 0.0736. The van der Waals surface area contributed by atoms with Crippen LogP contribution in [0.25, 0.3) is 0 Å². The van der Waals surface area contributed by atoms with Crippen LogP contribution in [-0.4, -0.2) is 28.2 Å². The molecule has 0 saturated heterocycles. The number of benzene rings is 1. The maximum atomic E-state index is 12.7. The molecule has 0 saturated carbocycles. The minimum Gasteiger partial charge on any atom is -0.472 e. The van der Waals surface area contributed by atoms with Gasteiger partial charge in [0, 0.05) is 17.8 Å². The molecule has 1 aliphatic rings. The standard InChI is InChI=1S/C18H14ClN3O3S/c19-13-4-2-1-3-12(13)17(24)22-7-5-14-15(9-22)26-18(20-14)21-16(23)11-6-8-25-10-11/h1-4,6,8,10H,5,7,9H2,(H,20,21,23). The van der Waals surface area contributed by atoms with E-state index < -0.39 is 0 Å². The van der Waals surface area contributed by atoms with E-state index in [4.69, 9.17) is 16.0 Å². The average Bonchev–Trinajstić information content (AvgIpc) is 3.30. The smallest absolute Gasteiger partial charge is 0.260 e. The molecule has 0 unspecified atom stereocenters. The summed E-state index contributed by atoms with van der Waals surface area (Å²) in [4.78, 5) is 32.0. The number of furan rings is 1. The summed E-state index contributed by atoms with van der Waals surface area (Å²) in [5.41, 5.74) is 1.85. The SMILES string of the molecule is O=C(Nc1nc2c(s1)CN(C(=O)c1ccccc1Cl)CC2)c1ccoc1. The molecular weight excluding hydrogens is 374 g/mol. The van der Waals surface area contributed by atoms with Crippen molar-refractivity contribution in [1.82, 2.24) is 9.88 Å². The Labute approximate surface area is 158 Å². The predicted molar refractivity (Wildman–Crippen MR) is 98.7 cm³/mol. The first kappa shape index (κ1) is 16.8. The van der Waals surface area contributed by atoms with E-state index in [0.717, 1.165) is 10.6 Å². The van der Waals surface area contributed by atoms with Crippen LogP contribution in [0.2, 0.25) is 5.02 Å². The second kappa shape index (κ2) is 6.93. The van der Waals surface area contributed by atoms with Crippen LogP contribution in [0.1, 0.15) is 31.3 Å². The summed E-state index contributed by atoms with van der Waals surface area (Å²) in [6.07, 6.45) is 3.47. The highest BCUT2D eigenvalue weighted by Gasteiger charge is 2.26. The zero-order valence-corrected chi connectivity index (χ0v) is 15.1. The van der Waals surface area contributed by atoms with Crippen LogP contribution in [0.15, 0.2) is 47.3 Å². The first-order valence-corrected chi connectivity index (χ1v) is 9.17. The quantitative estimate of drug-likeness (QED) is 0.740. The van der Waals surface area contributed by atoms with Gasteiger partial charge in [0.2, 0.25) is 0 Å². The number of nitrogens with zero attached hydrogens (tertiary/aromatic N) is 2. The molecule has 0 spiro atoms. The normalized spacial score (nSPS) is 13.3. The predicted octanol–water partition coefficient (Wildman–Crippen LogP) is 3.84. The Morgan fingerprint density at radius 3 is 2.88 bits per heavy atom. The maximum Gasteiger partial charge on any atom is 0.260 e. The third-order valence-corrected chi connectivity index (χ3v) is 5.45. The molecule has 132 valence electrons. The molecule has 0 bridgehead atoms. The molecular formula is C18H14ClN3O3S. The van der Waals surface area contributed by atoms with Crippen molar-refractivity contribution >= 4 is 39.9 Å². The Balaban J connectivity index is 1.49. The molecule has 6 nitrogen and oxygen atoms in total. The van der Waals surface area contributed by atoms with E-state index in [1.165, 1.54) is 23.9 Å². The van der Waals surface area contributed by atoms with Gasteiger partial charge in [-0.3, -0.25) is 14.9 Å². The topological polar surface area (TPSA) is 75.4 Å². The van der Waals surface area contributed by atoms with E-state index in [0.29, 0.717) is 40.8 Å². The van der Waals surface area contributed by atoms with Gasteiger partial charge in [0.15, 0.2) is 5.13 Å². The number of hydrogen-bond donors (Lipinski definition) is 1. The molecule has 0 radical (unpaired) electrons. The van der Waals surface area contributed by atoms with Crippen molar-refractivity contribution in [3.8, 4) is 0 Å². The monoisotopic (exact) mass is 387 g/mol. The van der Waals surface area contributed by atoms with Crippen LogP contribution in [0.5, 0.6) is 0 Å². The molecule has 8 heteroatoms. The molecule has 3 aromatic rings. The number of fused-ring (bicyclic) bond motifs is 1. The highest BCUT2D eigenvalue weighted by atomic mass is 35.5. The van der Waals surface area contributed by atoms with Gasteiger partial charge < -0.3 is 9.32 Å². The number of carbonyl (C=O) groups is 2. The van der Waals surface area contributed by atoms with Crippen molar-refractivity contribution in [2.24, 2.45) is 0 Å². The summed E-state index contributed by atoms with van der Waals surface area (Å²) in [5.74, 6) is -0.368. The van der Waals surface area contributed by atoms with Crippen molar-refractivity contribution in [2.45, 2.75) is 13.0 Å². The molecule has 26 heavy (non-hydrogen) atoms. The van der Waals surface area contributed by atoms with E-state index in [9.17, 15) is 9.59 Å². The van der Waals surface area contributed by atoms with Crippen LogP contribution >= 0.6 is 22.9 Å². The molecule has 0 aliphatic carbocycles. The fourth-order valence-electron chi connectivity index (χ4n) is 2.79. The summed E-state index contributed by atoms with van der Waals surface area (Å²) in [5, 5.41) is 3.74. The fraction of sp³-hybridized carbons (Fsp3) is 0.167. The van der Waals surface area contributed by atoms with Gasteiger partial charge in [-0.15, -0.1) is 0 Å². The van der Waals surface area contributed by atoms with Gasteiger partial charge in [-0.1, -0.05) is 35.1 Å². The Bertz CT molecular complexity index is 968. The van der Waals surface area contributed by atoms with E-state index >= 15 is 0 Å². The molecule has 2 amide bonds. The number of aromatic nitrogens is 1. The van der Waals surface area contributed by atoms with Crippen molar-refractivity contribution < 1.29 is 14.0 Å². The van der Waals surface area contributed by atoms with Gasteiger partial charge in [0.25, 0.3) is 11.8 Å². The number of nitrogens with one attached hydrogen (secondary N) is 1. The minimum atomic E-state index is -0.270. The first-order chi connectivity index (χ1) is 12.6. The number of halogens is 1. The third-order valence-electron chi connectivity index (χ3n) is 4.13. The van der Waals surface area contributed by atoms with Crippen molar-refractivity contribution in [2.75, 3.05) is 11.9 Å². The largest absolute Gasteiger partial charge is 0.472 e. The Morgan fingerprint density at radius 2 is 2.12 bits per heavy atom. The lowest BCUT2D eigenvalue weighted by atomic mass is 10.1. The summed E-state index contributed by atoms with van der Waals surface area (Å²) in [6, 6.07) is 8.62. The second-order valence-corrected chi connectivity index (χ2v) is 7.30. The van der Waals surface area contributed by atoms with E-state index in [1.54, 1.807) is 35.2 Å². The van der Waals surface area contributed by atoms with E-state index in [-0.39, 0.29) is 11.8 Å². The average molecular weight is 388 g/mol. The lowest BCUT2D eigenvalue weighted by Gasteiger charge is -2.26. The van der Waals surface area contributed by atoms with Gasteiger partial charge in [0.1, 0.15) is 6.26 Å². The molecule has 4 rings (SSSR count). The number of thiazole rings is 1. The zero-order valence-electron chi connectivity index (χ0n) is 13.6. The number of amides is 2. The minimum absolute atomic E-state index is 0.0985. The molecule has 2 aromatic heterocycles.